The number of pyridine rings is 1. The molecule has 5 heteroatoms. The molecule has 4 rings (SSSR count). The zero-order valence-electron chi connectivity index (χ0n) is 15.6. The van der Waals surface area contributed by atoms with Gasteiger partial charge in [-0.25, -0.2) is 4.79 Å². The number of hydrogen-bond acceptors (Lipinski definition) is 4. The molecule has 0 bridgehead atoms. The lowest BCUT2D eigenvalue weighted by Gasteiger charge is -2.34. The molecule has 1 saturated heterocycles. The van der Waals surface area contributed by atoms with Crippen LogP contribution in [0, 0.1) is 0 Å². The van der Waals surface area contributed by atoms with Crippen LogP contribution >= 0.6 is 0 Å². The minimum absolute atomic E-state index is 0.167. The number of likely N-dealkylation sites (tertiary alicyclic amines) is 1. The topological polar surface area (TPSA) is 59.5 Å². The number of amides is 1. The molecule has 5 nitrogen and oxygen atoms in total. The molecule has 1 amide bonds. The Morgan fingerprint density at radius 2 is 1.89 bits per heavy atom. The van der Waals surface area contributed by atoms with Crippen molar-refractivity contribution in [3.63, 3.8) is 0 Å². The van der Waals surface area contributed by atoms with E-state index in [1.54, 1.807) is 23.2 Å². The van der Waals surface area contributed by atoms with Crippen molar-refractivity contribution in [1.29, 1.82) is 0 Å². The Balaban J connectivity index is 1.49. The fourth-order valence-electron chi connectivity index (χ4n) is 3.74. The highest BCUT2D eigenvalue weighted by atomic mass is 16.5. The second kappa shape index (κ2) is 8.21. The van der Waals surface area contributed by atoms with Gasteiger partial charge >= 0.3 is 5.97 Å². The summed E-state index contributed by atoms with van der Waals surface area (Å²) < 4.78 is 5.64. The third kappa shape index (κ3) is 3.74. The molecule has 1 aromatic heterocycles. The first-order valence-electron chi connectivity index (χ1n) is 9.58. The van der Waals surface area contributed by atoms with Crippen LogP contribution in [0.2, 0.25) is 0 Å². The molecule has 28 heavy (non-hydrogen) atoms. The van der Waals surface area contributed by atoms with Gasteiger partial charge < -0.3 is 9.64 Å². The Bertz CT molecular complexity index is 982. The van der Waals surface area contributed by atoms with Crippen molar-refractivity contribution >= 4 is 22.6 Å². The number of carbonyl (C=O) groups excluding carboxylic acids is 2. The maximum Gasteiger partial charge on any atom is 0.329 e. The SMILES string of the molecule is O=C(OCc1cccc2ccccc12)[C@H]1CCCCN1C(=O)c1cccnc1. The summed E-state index contributed by atoms with van der Waals surface area (Å²) in [6, 6.07) is 16.9. The Kier molecular flexibility index (Phi) is 5.33. The summed E-state index contributed by atoms with van der Waals surface area (Å²) in [6.45, 7) is 0.757. The predicted octanol–water partition coefficient (Wildman–Crippen LogP) is 3.97. The summed E-state index contributed by atoms with van der Waals surface area (Å²) in [7, 11) is 0. The van der Waals surface area contributed by atoms with Gasteiger partial charge in [0.1, 0.15) is 12.6 Å². The molecule has 3 aromatic rings. The number of benzene rings is 2. The molecule has 2 aromatic carbocycles. The number of aromatic nitrogens is 1. The number of piperidine rings is 1. The fraction of sp³-hybridized carbons (Fsp3) is 0.261. The van der Waals surface area contributed by atoms with Gasteiger partial charge in [0.25, 0.3) is 5.91 Å². The van der Waals surface area contributed by atoms with Gasteiger partial charge in [0.15, 0.2) is 0 Å². The van der Waals surface area contributed by atoms with E-state index in [0.29, 0.717) is 18.5 Å². The number of esters is 1. The van der Waals surface area contributed by atoms with Crippen LogP contribution in [-0.4, -0.2) is 34.3 Å². The molecule has 0 saturated carbocycles. The number of ether oxygens (including phenoxy) is 1. The molecule has 1 aliphatic rings. The van der Waals surface area contributed by atoms with Crippen molar-refractivity contribution in [3.05, 3.63) is 78.1 Å². The Morgan fingerprint density at radius 1 is 1.04 bits per heavy atom. The fourth-order valence-corrected chi connectivity index (χ4v) is 3.74. The van der Waals surface area contributed by atoms with Crippen molar-refractivity contribution in [1.82, 2.24) is 9.88 Å². The molecular weight excluding hydrogens is 352 g/mol. The number of rotatable bonds is 4. The van der Waals surface area contributed by atoms with E-state index in [1.807, 2.05) is 42.5 Å². The van der Waals surface area contributed by atoms with Gasteiger partial charge in [-0.15, -0.1) is 0 Å². The average Bonchev–Trinajstić information content (AvgIpc) is 2.77. The second-order valence-electron chi connectivity index (χ2n) is 7.00. The van der Waals surface area contributed by atoms with Crippen LogP contribution in [-0.2, 0) is 16.1 Å². The van der Waals surface area contributed by atoms with E-state index in [1.165, 1.54) is 6.20 Å². The van der Waals surface area contributed by atoms with Crippen LogP contribution in [0.25, 0.3) is 10.8 Å². The van der Waals surface area contributed by atoms with E-state index in [2.05, 4.69) is 4.98 Å². The van der Waals surface area contributed by atoms with E-state index in [9.17, 15) is 9.59 Å². The van der Waals surface area contributed by atoms with Crippen LogP contribution in [0.15, 0.2) is 67.0 Å². The van der Waals surface area contributed by atoms with Crippen LogP contribution in [0.3, 0.4) is 0 Å². The summed E-state index contributed by atoms with van der Waals surface area (Å²) in [5.41, 5.74) is 1.46. The van der Waals surface area contributed by atoms with Gasteiger partial charge in [0.05, 0.1) is 5.56 Å². The maximum atomic E-state index is 12.8. The molecule has 0 spiro atoms. The predicted molar refractivity (Wildman–Crippen MR) is 107 cm³/mol. The number of hydrogen-bond donors (Lipinski definition) is 0. The molecule has 2 heterocycles. The lowest BCUT2D eigenvalue weighted by Crippen LogP contribution is -2.48. The molecule has 0 N–H and O–H groups in total. The van der Waals surface area contributed by atoms with Crippen molar-refractivity contribution in [3.8, 4) is 0 Å². The largest absolute Gasteiger partial charge is 0.459 e. The third-order valence-electron chi connectivity index (χ3n) is 5.19. The highest BCUT2D eigenvalue weighted by Crippen LogP contribution is 2.23. The molecular formula is C23H22N2O3. The summed E-state index contributed by atoms with van der Waals surface area (Å²) >= 11 is 0. The van der Waals surface area contributed by atoms with Crippen LogP contribution in [0.5, 0.6) is 0 Å². The molecule has 1 fully saturated rings. The first kappa shape index (κ1) is 18.2. The van der Waals surface area contributed by atoms with Gasteiger partial charge in [0.2, 0.25) is 0 Å². The van der Waals surface area contributed by atoms with Crippen LogP contribution in [0.4, 0.5) is 0 Å². The van der Waals surface area contributed by atoms with Crippen molar-refractivity contribution in [2.24, 2.45) is 0 Å². The first-order chi connectivity index (χ1) is 13.7. The second-order valence-corrected chi connectivity index (χ2v) is 7.00. The van der Waals surface area contributed by atoms with E-state index in [4.69, 9.17) is 4.74 Å². The number of carbonyl (C=O) groups is 2. The van der Waals surface area contributed by atoms with E-state index >= 15 is 0 Å². The van der Waals surface area contributed by atoms with Crippen molar-refractivity contribution in [2.75, 3.05) is 6.54 Å². The number of fused-ring (bicyclic) bond motifs is 1. The lowest BCUT2D eigenvalue weighted by molar-refractivity contribution is -0.151. The standard InChI is InChI=1S/C23H22N2O3/c26-22(18-10-6-13-24-15-18)25-14-4-3-12-21(25)23(27)28-16-19-9-5-8-17-7-1-2-11-20(17)19/h1-2,5-11,13,15,21H,3-4,12,14,16H2/t21-/m1/s1. The van der Waals surface area contributed by atoms with Crippen molar-refractivity contribution in [2.45, 2.75) is 31.9 Å². The van der Waals surface area contributed by atoms with Crippen LogP contribution < -0.4 is 0 Å². The zero-order chi connectivity index (χ0) is 19.3. The third-order valence-corrected chi connectivity index (χ3v) is 5.19. The van der Waals surface area contributed by atoms with Gasteiger partial charge in [-0.05, 0) is 47.7 Å². The number of nitrogens with zero attached hydrogens (tertiary/aromatic N) is 2. The minimum atomic E-state index is -0.545. The smallest absolute Gasteiger partial charge is 0.329 e. The Labute approximate surface area is 163 Å². The van der Waals surface area contributed by atoms with E-state index in [-0.39, 0.29) is 18.5 Å². The van der Waals surface area contributed by atoms with Gasteiger partial charge in [-0.1, -0.05) is 42.5 Å². The zero-order valence-corrected chi connectivity index (χ0v) is 15.6. The maximum absolute atomic E-state index is 12.8. The minimum Gasteiger partial charge on any atom is -0.459 e. The molecule has 1 atom stereocenters. The molecule has 142 valence electrons. The Hall–Kier alpha value is -3.21. The Morgan fingerprint density at radius 3 is 2.75 bits per heavy atom. The van der Waals surface area contributed by atoms with E-state index in [0.717, 1.165) is 29.2 Å². The van der Waals surface area contributed by atoms with Gasteiger partial charge in [-0.3, -0.25) is 9.78 Å². The summed E-state index contributed by atoms with van der Waals surface area (Å²) in [5.74, 6) is -0.509. The van der Waals surface area contributed by atoms with E-state index < -0.39 is 6.04 Å². The highest BCUT2D eigenvalue weighted by molar-refractivity contribution is 5.96. The summed E-state index contributed by atoms with van der Waals surface area (Å²) in [4.78, 5) is 31.3. The molecule has 0 radical (unpaired) electrons. The normalized spacial score (nSPS) is 16.7. The molecule has 0 aliphatic carbocycles. The van der Waals surface area contributed by atoms with Gasteiger partial charge in [-0.2, -0.15) is 0 Å². The highest BCUT2D eigenvalue weighted by Gasteiger charge is 2.33. The summed E-state index contributed by atoms with van der Waals surface area (Å²) in [5, 5.41) is 2.19. The van der Waals surface area contributed by atoms with Gasteiger partial charge in [0, 0.05) is 18.9 Å². The summed E-state index contributed by atoms with van der Waals surface area (Å²) in [6.07, 6.45) is 5.59. The molecule has 1 aliphatic heterocycles. The monoisotopic (exact) mass is 374 g/mol. The van der Waals surface area contributed by atoms with Crippen LogP contribution in [0.1, 0.15) is 35.2 Å². The van der Waals surface area contributed by atoms with Crippen molar-refractivity contribution < 1.29 is 14.3 Å². The first-order valence-corrected chi connectivity index (χ1v) is 9.58. The quantitative estimate of drug-likeness (QED) is 0.648. The average molecular weight is 374 g/mol. The lowest BCUT2D eigenvalue weighted by atomic mass is 10.0. The molecule has 0 unspecified atom stereocenters.